The van der Waals surface area contributed by atoms with Crippen LogP contribution in [0.15, 0.2) is 18.2 Å². The Bertz CT molecular complexity index is 533. The van der Waals surface area contributed by atoms with E-state index in [0.29, 0.717) is 5.13 Å². The Morgan fingerprint density at radius 2 is 2.31 bits per heavy atom. The lowest BCUT2D eigenvalue weighted by molar-refractivity contribution is -0.117. The highest BCUT2D eigenvalue weighted by atomic mass is 32.1. The zero-order valence-electron chi connectivity index (χ0n) is 9.15. The minimum atomic E-state index is -0.520. The molecule has 0 radical (unpaired) electrons. The van der Waals surface area contributed by atoms with E-state index in [1.54, 1.807) is 6.92 Å². The lowest BCUT2D eigenvalue weighted by atomic mass is 10.2. The fraction of sp³-hybridized carbons (Fsp3) is 0.273. The topological polar surface area (TPSA) is 68.0 Å². The minimum Gasteiger partial charge on any atom is -0.320 e. The van der Waals surface area contributed by atoms with Gasteiger partial charge in [-0.3, -0.25) is 4.79 Å². The summed E-state index contributed by atoms with van der Waals surface area (Å²) in [5, 5.41) is 3.29. The number of amides is 1. The number of fused-ring (bicyclic) bond motifs is 1. The number of hydrogen-bond donors (Lipinski definition) is 2. The first-order valence-electron chi connectivity index (χ1n) is 5.00. The van der Waals surface area contributed by atoms with Gasteiger partial charge in [-0.25, -0.2) is 4.98 Å². The third-order valence-electron chi connectivity index (χ3n) is 2.19. The third-order valence-corrected chi connectivity index (χ3v) is 3.12. The van der Waals surface area contributed by atoms with Gasteiger partial charge in [-0.2, -0.15) is 0 Å². The van der Waals surface area contributed by atoms with Gasteiger partial charge in [-0.05, 0) is 31.5 Å². The molecule has 4 nitrogen and oxygen atoms in total. The molecule has 1 heterocycles. The molecule has 0 unspecified atom stereocenters. The van der Waals surface area contributed by atoms with E-state index in [0.717, 1.165) is 10.2 Å². The summed E-state index contributed by atoms with van der Waals surface area (Å²) in [7, 11) is 0. The molecule has 0 saturated heterocycles. The summed E-state index contributed by atoms with van der Waals surface area (Å²) in [6.07, 6.45) is 0. The Balaban J connectivity index is 2.29. The molecule has 3 N–H and O–H groups in total. The maximum atomic E-state index is 11.4. The van der Waals surface area contributed by atoms with Gasteiger partial charge in [-0.15, -0.1) is 0 Å². The summed E-state index contributed by atoms with van der Waals surface area (Å²) >= 11 is 1.46. The molecule has 2 rings (SSSR count). The largest absolute Gasteiger partial charge is 0.320 e. The second-order valence-corrected chi connectivity index (χ2v) is 4.80. The minimum absolute atomic E-state index is 0.212. The van der Waals surface area contributed by atoms with Crippen LogP contribution in [0.4, 0.5) is 5.13 Å². The maximum Gasteiger partial charge on any atom is 0.242 e. The molecule has 84 valence electrons. The van der Waals surface area contributed by atoms with Crippen LogP contribution in [0.3, 0.4) is 0 Å². The Hall–Kier alpha value is -1.46. The second-order valence-electron chi connectivity index (χ2n) is 3.77. The van der Waals surface area contributed by atoms with E-state index < -0.39 is 6.04 Å². The van der Waals surface area contributed by atoms with E-state index >= 15 is 0 Å². The fourth-order valence-corrected chi connectivity index (χ4v) is 2.27. The molecule has 1 aromatic heterocycles. The molecule has 0 bridgehead atoms. The van der Waals surface area contributed by atoms with Crippen molar-refractivity contribution in [3.8, 4) is 0 Å². The molecule has 16 heavy (non-hydrogen) atoms. The van der Waals surface area contributed by atoms with Crippen molar-refractivity contribution in [2.75, 3.05) is 5.32 Å². The molecule has 0 spiro atoms. The monoisotopic (exact) mass is 235 g/mol. The van der Waals surface area contributed by atoms with E-state index in [4.69, 9.17) is 5.73 Å². The van der Waals surface area contributed by atoms with Crippen LogP contribution in [0.2, 0.25) is 0 Å². The number of anilines is 1. The number of thiazole rings is 1. The summed E-state index contributed by atoms with van der Waals surface area (Å²) in [6.45, 7) is 3.67. The molecule has 1 aromatic carbocycles. The molecule has 0 aliphatic heterocycles. The zero-order valence-corrected chi connectivity index (χ0v) is 9.97. The lowest BCUT2D eigenvalue weighted by Gasteiger charge is -2.02. The van der Waals surface area contributed by atoms with Gasteiger partial charge in [-0.1, -0.05) is 17.4 Å². The first-order valence-corrected chi connectivity index (χ1v) is 5.81. The van der Waals surface area contributed by atoms with Crippen LogP contribution in [-0.4, -0.2) is 16.9 Å². The number of nitrogens with one attached hydrogen (secondary N) is 1. The predicted molar refractivity (Wildman–Crippen MR) is 66.6 cm³/mol. The van der Waals surface area contributed by atoms with Gasteiger partial charge >= 0.3 is 0 Å². The van der Waals surface area contributed by atoms with Gasteiger partial charge in [0.2, 0.25) is 5.91 Å². The number of benzene rings is 1. The zero-order chi connectivity index (χ0) is 11.7. The normalized spacial score (nSPS) is 12.7. The van der Waals surface area contributed by atoms with Crippen LogP contribution in [0.5, 0.6) is 0 Å². The van der Waals surface area contributed by atoms with Gasteiger partial charge in [0, 0.05) is 0 Å². The molecule has 2 aromatic rings. The summed E-state index contributed by atoms with van der Waals surface area (Å²) in [6, 6.07) is 5.48. The molecule has 0 fully saturated rings. The highest BCUT2D eigenvalue weighted by Crippen LogP contribution is 2.26. The highest BCUT2D eigenvalue weighted by Gasteiger charge is 2.10. The summed E-state index contributed by atoms with van der Waals surface area (Å²) < 4.78 is 1.07. The van der Waals surface area contributed by atoms with E-state index in [9.17, 15) is 4.79 Å². The second kappa shape index (κ2) is 4.19. The van der Waals surface area contributed by atoms with Crippen LogP contribution in [0.1, 0.15) is 12.5 Å². The molecule has 0 saturated carbocycles. The van der Waals surface area contributed by atoms with Crippen LogP contribution in [0, 0.1) is 6.92 Å². The summed E-state index contributed by atoms with van der Waals surface area (Å²) in [5.41, 5.74) is 7.55. The van der Waals surface area contributed by atoms with Gasteiger partial charge in [0.15, 0.2) is 5.13 Å². The van der Waals surface area contributed by atoms with Gasteiger partial charge < -0.3 is 11.1 Å². The smallest absolute Gasteiger partial charge is 0.242 e. The number of nitrogens with zero attached hydrogens (tertiary/aromatic N) is 1. The SMILES string of the molecule is Cc1ccc2nc(NC(=O)[C@@H](C)N)sc2c1. The van der Waals surface area contributed by atoms with Crippen LogP contribution >= 0.6 is 11.3 Å². The summed E-state index contributed by atoms with van der Waals surface area (Å²) in [5.74, 6) is -0.212. The number of rotatable bonds is 2. The average Bonchev–Trinajstić information content (AvgIpc) is 2.58. The van der Waals surface area contributed by atoms with Crippen LogP contribution in [0.25, 0.3) is 10.2 Å². The van der Waals surface area contributed by atoms with Crippen LogP contribution in [-0.2, 0) is 4.79 Å². The van der Waals surface area contributed by atoms with Crippen molar-refractivity contribution in [2.45, 2.75) is 19.9 Å². The maximum absolute atomic E-state index is 11.4. The Morgan fingerprint density at radius 1 is 1.56 bits per heavy atom. The predicted octanol–water partition coefficient (Wildman–Crippen LogP) is 1.89. The van der Waals surface area contributed by atoms with Crippen LogP contribution < -0.4 is 11.1 Å². The van der Waals surface area contributed by atoms with Gasteiger partial charge in [0.1, 0.15) is 0 Å². The van der Waals surface area contributed by atoms with Crippen molar-refractivity contribution < 1.29 is 4.79 Å². The highest BCUT2D eigenvalue weighted by molar-refractivity contribution is 7.22. The van der Waals surface area contributed by atoms with Crippen molar-refractivity contribution in [2.24, 2.45) is 5.73 Å². The molecule has 0 aliphatic carbocycles. The first-order chi connectivity index (χ1) is 7.56. The molecule has 0 aliphatic rings. The molecular weight excluding hydrogens is 222 g/mol. The molecule has 1 amide bonds. The summed E-state index contributed by atoms with van der Waals surface area (Å²) in [4.78, 5) is 15.7. The fourth-order valence-electron chi connectivity index (χ4n) is 1.30. The molecular formula is C11H13N3OS. The van der Waals surface area contributed by atoms with E-state index in [1.807, 2.05) is 19.1 Å². The Kier molecular flexibility index (Phi) is 2.89. The van der Waals surface area contributed by atoms with Gasteiger partial charge in [0.25, 0.3) is 0 Å². The average molecular weight is 235 g/mol. The number of carbonyl (C=O) groups excluding carboxylic acids is 1. The van der Waals surface area contributed by atoms with Crippen molar-refractivity contribution in [1.29, 1.82) is 0 Å². The van der Waals surface area contributed by atoms with E-state index in [2.05, 4.69) is 16.4 Å². The Labute approximate surface area is 97.5 Å². The number of aromatic nitrogens is 1. The van der Waals surface area contributed by atoms with E-state index in [-0.39, 0.29) is 5.91 Å². The van der Waals surface area contributed by atoms with Crippen molar-refractivity contribution in [1.82, 2.24) is 4.98 Å². The first kappa shape index (κ1) is 11.0. The third kappa shape index (κ3) is 2.20. The Morgan fingerprint density at radius 3 is 3.00 bits per heavy atom. The number of aryl methyl sites for hydroxylation is 1. The standard InChI is InChI=1S/C11H13N3OS/c1-6-3-4-8-9(5-6)16-11(13-8)14-10(15)7(2)12/h3-5,7H,12H2,1-2H3,(H,13,14,15)/t7-/m1/s1. The number of hydrogen-bond acceptors (Lipinski definition) is 4. The van der Waals surface area contributed by atoms with Crippen molar-refractivity contribution >= 4 is 32.6 Å². The number of carbonyl (C=O) groups is 1. The number of nitrogens with two attached hydrogens (primary N) is 1. The molecule has 5 heteroatoms. The van der Waals surface area contributed by atoms with Gasteiger partial charge in [0.05, 0.1) is 16.3 Å². The van der Waals surface area contributed by atoms with E-state index in [1.165, 1.54) is 16.9 Å². The lowest BCUT2D eigenvalue weighted by Crippen LogP contribution is -2.32. The quantitative estimate of drug-likeness (QED) is 0.835. The van der Waals surface area contributed by atoms with Crippen molar-refractivity contribution in [3.05, 3.63) is 23.8 Å². The molecule has 1 atom stereocenters. The van der Waals surface area contributed by atoms with Crippen molar-refractivity contribution in [3.63, 3.8) is 0 Å².